The highest BCUT2D eigenvalue weighted by molar-refractivity contribution is 7.95. The molecule has 0 radical (unpaired) electrons. The van der Waals surface area contributed by atoms with Crippen molar-refractivity contribution in [3.63, 3.8) is 0 Å². The maximum Gasteiger partial charge on any atom is 0.247 e. The molecule has 2 heterocycles. The number of nitrogens with two attached hydrogens (primary N) is 1. The van der Waals surface area contributed by atoms with Crippen LogP contribution in [0.1, 0.15) is 18.1 Å². The monoisotopic (exact) mass is 283 g/mol. The second-order valence-electron chi connectivity index (χ2n) is 3.48. The van der Waals surface area contributed by atoms with E-state index in [1.807, 2.05) is 0 Å². The molecule has 1 aliphatic rings. The first kappa shape index (κ1) is 12.0. The molecule has 0 fully saturated rings. The minimum atomic E-state index is -3.93. The summed E-state index contributed by atoms with van der Waals surface area (Å²) in [5.74, 6) is -0.175. The van der Waals surface area contributed by atoms with Crippen molar-refractivity contribution < 1.29 is 21.9 Å². The fourth-order valence-electron chi connectivity index (χ4n) is 1.50. The van der Waals surface area contributed by atoms with Gasteiger partial charge in [-0.3, -0.25) is 0 Å². The number of hydrogen-bond acceptors (Lipinski definition) is 6. The van der Waals surface area contributed by atoms with E-state index < -0.39 is 26.0 Å². The summed E-state index contributed by atoms with van der Waals surface area (Å²) in [4.78, 5) is 0. The van der Waals surface area contributed by atoms with Crippen molar-refractivity contribution in [1.82, 2.24) is 0 Å². The van der Waals surface area contributed by atoms with Gasteiger partial charge in [0.05, 0.1) is 11.9 Å². The molecule has 0 aromatic carbocycles. The Morgan fingerprint density at radius 2 is 2.12 bits per heavy atom. The van der Waals surface area contributed by atoms with Crippen LogP contribution in [0.3, 0.4) is 0 Å². The number of aliphatic hydroxyl groups excluding tert-OH is 1. The summed E-state index contributed by atoms with van der Waals surface area (Å²) in [6.45, 7) is 0. The maximum absolute atomic E-state index is 11.6. The number of sulfone groups is 1. The fourth-order valence-corrected chi connectivity index (χ4v) is 5.64. The molecule has 0 amide bonds. The maximum atomic E-state index is 11.6. The lowest BCUT2D eigenvalue weighted by atomic mass is 10.1. The topological polar surface area (TPSA) is 115 Å². The number of fused-ring (bicyclic) bond motifs is 1. The molecule has 1 aromatic heterocycles. The molecule has 0 aliphatic carbocycles. The van der Waals surface area contributed by atoms with Crippen LogP contribution >= 0.6 is 11.3 Å². The Hall–Kier alpha value is -0.480. The Morgan fingerprint density at radius 1 is 1.50 bits per heavy atom. The van der Waals surface area contributed by atoms with Gasteiger partial charge >= 0.3 is 0 Å². The zero-order valence-corrected chi connectivity index (χ0v) is 10.4. The van der Waals surface area contributed by atoms with Crippen molar-refractivity contribution in [3.05, 3.63) is 11.6 Å². The lowest BCUT2D eigenvalue weighted by molar-refractivity contribution is 0.169. The van der Waals surface area contributed by atoms with Crippen molar-refractivity contribution in [3.8, 4) is 0 Å². The van der Waals surface area contributed by atoms with Crippen LogP contribution in [0.5, 0.6) is 0 Å². The molecule has 1 aliphatic heterocycles. The molecular formula is C7H9NO5S3. The Balaban J connectivity index is 2.71. The number of hydrogen-bond donors (Lipinski definition) is 2. The van der Waals surface area contributed by atoms with E-state index in [0.717, 1.165) is 6.07 Å². The number of aliphatic hydroxyl groups is 1. The molecule has 3 N–H and O–H groups in total. The second-order valence-corrected chi connectivity index (χ2v) is 8.62. The van der Waals surface area contributed by atoms with Gasteiger partial charge in [-0.25, -0.2) is 22.0 Å². The first-order chi connectivity index (χ1) is 7.22. The van der Waals surface area contributed by atoms with Crippen LogP contribution < -0.4 is 5.14 Å². The van der Waals surface area contributed by atoms with Gasteiger partial charge in [-0.1, -0.05) is 0 Å². The zero-order valence-electron chi connectivity index (χ0n) is 7.95. The molecule has 1 atom stereocenters. The van der Waals surface area contributed by atoms with Gasteiger partial charge in [-0.15, -0.1) is 11.3 Å². The highest BCUT2D eigenvalue weighted by atomic mass is 32.3. The highest BCUT2D eigenvalue weighted by Gasteiger charge is 2.33. The summed E-state index contributed by atoms with van der Waals surface area (Å²) in [7, 11) is -7.40. The quantitative estimate of drug-likeness (QED) is 0.728. The zero-order chi connectivity index (χ0) is 12.1. The average molecular weight is 283 g/mol. The predicted molar refractivity (Wildman–Crippen MR) is 57.3 cm³/mol. The van der Waals surface area contributed by atoms with Crippen LogP contribution in [0.4, 0.5) is 0 Å². The Kier molecular flexibility index (Phi) is 2.63. The van der Waals surface area contributed by atoms with Crippen molar-refractivity contribution in [2.24, 2.45) is 5.14 Å². The van der Waals surface area contributed by atoms with Crippen molar-refractivity contribution >= 4 is 31.2 Å². The third kappa shape index (κ3) is 1.89. The van der Waals surface area contributed by atoms with Gasteiger partial charge in [0.1, 0.15) is 8.42 Å². The number of rotatable bonds is 1. The first-order valence-electron chi connectivity index (χ1n) is 4.29. The molecule has 2 rings (SSSR count). The van der Waals surface area contributed by atoms with Gasteiger partial charge in [-0.2, -0.15) is 0 Å². The van der Waals surface area contributed by atoms with Gasteiger partial charge in [-0.05, 0) is 12.5 Å². The number of thiophene rings is 1. The average Bonchev–Trinajstić information content (AvgIpc) is 2.57. The van der Waals surface area contributed by atoms with Crippen LogP contribution in [0.25, 0.3) is 0 Å². The standard InChI is InChI=1S/C7H9NO5S3/c8-16(12,13)6-3-4-5(9)1-2-15(10,11)7(4)14-6/h3,5,9H,1-2H2,(H2,8,12,13)/t5-/m0/s1. The molecule has 9 heteroatoms. The number of primary sulfonamides is 1. The summed E-state index contributed by atoms with van der Waals surface area (Å²) < 4.78 is 45.1. The van der Waals surface area contributed by atoms with E-state index in [1.165, 1.54) is 0 Å². The first-order valence-corrected chi connectivity index (χ1v) is 8.31. The van der Waals surface area contributed by atoms with Gasteiger partial charge < -0.3 is 5.11 Å². The molecule has 1 aromatic rings. The van der Waals surface area contributed by atoms with Crippen LogP contribution in [0.2, 0.25) is 0 Å². The van der Waals surface area contributed by atoms with Crippen molar-refractivity contribution in [2.75, 3.05) is 5.75 Å². The molecule has 0 saturated carbocycles. The summed E-state index contributed by atoms with van der Waals surface area (Å²) in [5, 5.41) is 14.5. The van der Waals surface area contributed by atoms with E-state index in [1.54, 1.807) is 0 Å². The van der Waals surface area contributed by atoms with Gasteiger partial charge in [0, 0.05) is 5.56 Å². The van der Waals surface area contributed by atoms with Crippen LogP contribution in [-0.4, -0.2) is 27.7 Å². The molecule has 0 bridgehead atoms. The van der Waals surface area contributed by atoms with Gasteiger partial charge in [0.15, 0.2) is 9.84 Å². The Bertz CT molecular complexity index is 627. The van der Waals surface area contributed by atoms with E-state index in [4.69, 9.17) is 5.14 Å². The normalized spacial score (nSPS) is 24.0. The minimum absolute atomic E-state index is 0.0795. The van der Waals surface area contributed by atoms with E-state index in [-0.39, 0.29) is 26.2 Å². The third-order valence-corrected chi connectivity index (χ3v) is 7.24. The fraction of sp³-hybridized carbons (Fsp3) is 0.429. The lowest BCUT2D eigenvalue weighted by Gasteiger charge is -2.16. The summed E-state index contributed by atoms with van der Waals surface area (Å²) in [6.07, 6.45) is -0.860. The largest absolute Gasteiger partial charge is 0.388 e. The Morgan fingerprint density at radius 3 is 2.62 bits per heavy atom. The smallest absolute Gasteiger partial charge is 0.247 e. The van der Waals surface area contributed by atoms with E-state index >= 15 is 0 Å². The van der Waals surface area contributed by atoms with Crippen LogP contribution in [0, 0.1) is 0 Å². The molecular weight excluding hydrogens is 274 g/mol. The van der Waals surface area contributed by atoms with E-state index in [9.17, 15) is 21.9 Å². The molecule has 16 heavy (non-hydrogen) atoms. The van der Waals surface area contributed by atoms with Crippen LogP contribution in [-0.2, 0) is 19.9 Å². The Labute approximate surface area is 96.7 Å². The van der Waals surface area contributed by atoms with Crippen LogP contribution in [0.15, 0.2) is 14.5 Å². The molecule has 0 saturated heterocycles. The van der Waals surface area contributed by atoms with Gasteiger partial charge in [0.2, 0.25) is 10.0 Å². The van der Waals surface area contributed by atoms with E-state index in [0.29, 0.717) is 11.3 Å². The molecule has 6 nitrogen and oxygen atoms in total. The highest BCUT2D eigenvalue weighted by Crippen LogP contribution is 2.39. The second kappa shape index (κ2) is 3.50. The summed E-state index contributed by atoms with van der Waals surface area (Å²) in [6, 6.07) is 1.14. The summed E-state index contributed by atoms with van der Waals surface area (Å²) in [5.41, 5.74) is 0.139. The summed E-state index contributed by atoms with van der Waals surface area (Å²) >= 11 is 0.592. The minimum Gasteiger partial charge on any atom is -0.388 e. The SMILES string of the molecule is NS(=O)(=O)c1cc2c(s1)S(=O)(=O)CC[C@@H]2O. The van der Waals surface area contributed by atoms with E-state index in [2.05, 4.69) is 0 Å². The molecule has 90 valence electrons. The molecule has 0 unspecified atom stereocenters. The van der Waals surface area contributed by atoms with Gasteiger partial charge in [0.25, 0.3) is 0 Å². The van der Waals surface area contributed by atoms with Crippen molar-refractivity contribution in [1.29, 1.82) is 0 Å². The number of sulfonamides is 1. The van der Waals surface area contributed by atoms with Crippen molar-refractivity contribution in [2.45, 2.75) is 20.9 Å². The third-order valence-electron chi connectivity index (χ3n) is 2.28. The molecule has 0 spiro atoms. The lowest BCUT2D eigenvalue weighted by Crippen LogP contribution is -2.17. The predicted octanol–water partition coefficient (Wildman–Crippen LogP) is -0.394.